The molecule has 35 heavy (non-hydrogen) atoms. The van der Waals surface area contributed by atoms with Gasteiger partial charge in [-0.1, -0.05) is 36.4 Å². The molecule has 1 fully saturated rings. The SMILES string of the molecule is CS(=O)(=O)Nc1cccc(Nc2cc3cccc(-c4ccc(C(=O)N5CCOCC5)cc4)c3[nH]2)c1. The van der Waals surface area contributed by atoms with Crippen molar-refractivity contribution in [3.63, 3.8) is 0 Å². The zero-order chi connectivity index (χ0) is 24.4. The maximum atomic E-state index is 12.8. The summed E-state index contributed by atoms with van der Waals surface area (Å²) in [5.41, 5.74) is 4.89. The normalized spacial score (nSPS) is 14.1. The quantitative estimate of drug-likeness (QED) is 0.371. The Morgan fingerprint density at radius 1 is 0.943 bits per heavy atom. The smallest absolute Gasteiger partial charge is 0.254 e. The van der Waals surface area contributed by atoms with E-state index in [-0.39, 0.29) is 5.91 Å². The first-order valence-corrected chi connectivity index (χ1v) is 13.2. The first-order chi connectivity index (χ1) is 16.9. The largest absolute Gasteiger partial charge is 0.378 e. The number of anilines is 3. The topological polar surface area (TPSA) is 104 Å². The Morgan fingerprint density at radius 3 is 2.40 bits per heavy atom. The highest BCUT2D eigenvalue weighted by Crippen LogP contribution is 2.31. The molecule has 4 aromatic rings. The average molecular weight is 491 g/mol. The van der Waals surface area contributed by atoms with Gasteiger partial charge in [-0.2, -0.15) is 0 Å². The molecule has 3 aromatic carbocycles. The molecule has 0 atom stereocenters. The van der Waals surface area contributed by atoms with Gasteiger partial charge in [-0.15, -0.1) is 0 Å². The minimum Gasteiger partial charge on any atom is -0.378 e. The van der Waals surface area contributed by atoms with E-state index in [0.29, 0.717) is 37.6 Å². The summed E-state index contributed by atoms with van der Waals surface area (Å²) in [6.07, 6.45) is 1.12. The van der Waals surface area contributed by atoms with E-state index in [1.54, 1.807) is 18.2 Å². The van der Waals surface area contributed by atoms with Crippen LogP contribution in [0.25, 0.3) is 22.0 Å². The average Bonchev–Trinajstić information content (AvgIpc) is 3.26. The van der Waals surface area contributed by atoms with Gasteiger partial charge >= 0.3 is 0 Å². The second-order valence-corrected chi connectivity index (χ2v) is 10.3. The standard InChI is InChI=1S/C26H26N4O4S/c1-35(32,33)29-22-6-3-5-21(17-22)27-24-16-20-4-2-7-23(25(20)28-24)18-8-10-19(11-9-18)26(31)30-12-14-34-15-13-30/h2-11,16-17,27-29H,12-15H2,1H3. The molecule has 0 unspecified atom stereocenters. The number of carbonyl (C=O) groups excluding carboxylic acids is 1. The Morgan fingerprint density at radius 2 is 1.66 bits per heavy atom. The van der Waals surface area contributed by atoms with Gasteiger partial charge in [0, 0.05) is 35.3 Å². The van der Waals surface area contributed by atoms with Gasteiger partial charge in [0.2, 0.25) is 10.0 Å². The lowest BCUT2D eigenvalue weighted by atomic mass is 10.0. The van der Waals surface area contributed by atoms with Crippen LogP contribution in [0.2, 0.25) is 0 Å². The van der Waals surface area contributed by atoms with Crippen LogP contribution in [0, 0.1) is 0 Å². The van der Waals surface area contributed by atoms with Gasteiger partial charge in [-0.3, -0.25) is 9.52 Å². The number of hydrogen-bond acceptors (Lipinski definition) is 5. The highest BCUT2D eigenvalue weighted by molar-refractivity contribution is 7.92. The third-order valence-electron chi connectivity index (χ3n) is 5.84. The van der Waals surface area contributed by atoms with Crippen molar-refractivity contribution in [1.29, 1.82) is 0 Å². The van der Waals surface area contributed by atoms with Crippen molar-refractivity contribution < 1.29 is 17.9 Å². The number of aromatic amines is 1. The molecule has 0 aliphatic carbocycles. The number of nitrogens with zero attached hydrogens (tertiary/aromatic N) is 1. The molecule has 1 aliphatic heterocycles. The maximum absolute atomic E-state index is 12.8. The molecular weight excluding hydrogens is 464 g/mol. The summed E-state index contributed by atoms with van der Waals surface area (Å²) < 4.78 is 30.9. The molecule has 1 saturated heterocycles. The fourth-order valence-electron chi connectivity index (χ4n) is 4.24. The van der Waals surface area contributed by atoms with Crippen molar-refractivity contribution in [2.75, 3.05) is 42.6 Å². The fraction of sp³-hybridized carbons (Fsp3) is 0.192. The minimum absolute atomic E-state index is 0.0250. The van der Waals surface area contributed by atoms with E-state index in [0.717, 1.165) is 39.8 Å². The van der Waals surface area contributed by atoms with Crippen LogP contribution >= 0.6 is 0 Å². The molecule has 8 nitrogen and oxygen atoms in total. The molecule has 1 aromatic heterocycles. The number of aromatic nitrogens is 1. The second-order valence-electron chi connectivity index (χ2n) is 8.51. The predicted octanol–water partition coefficient (Wildman–Crippen LogP) is 4.42. The van der Waals surface area contributed by atoms with E-state index < -0.39 is 10.0 Å². The second kappa shape index (κ2) is 9.44. The summed E-state index contributed by atoms with van der Waals surface area (Å²) in [6.45, 7) is 2.39. The molecule has 0 bridgehead atoms. The van der Waals surface area contributed by atoms with Crippen LogP contribution in [0.4, 0.5) is 17.2 Å². The Bertz CT molecular complexity index is 1470. The number of sulfonamides is 1. The summed E-state index contributed by atoms with van der Waals surface area (Å²) in [5, 5.41) is 4.34. The monoisotopic (exact) mass is 490 g/mol. The number of fused-ring (bicyclic) bond motifs is 1. The molecule has 3 N–H and O–H groups in total. The summed E-state index contributed by atoms with van der Waals surface area (Å²) >= 11 is 0. The van der Waals surface area contributed by atoms with Crippen molar-refractivity contribution in [2.24, 2.45) is 0 Å². The van der Waals surface area contributed by atoms with Gasteiger partial charge in [-0.05, 0) is 42.0 Å². The van der Waals surface area contributed by atoms with Crippen molar-refractivity contribution >= 4 is 44.0 Å². The zero-order valence-electron chi connectivity index (χ0n) is 19.2. The molecule has 5 rings (SSSR count). The van der Waals surface area contributed by atoms with Gasteiger partial charge in [0.05, 0.1) is 30.7 Å². The van der Waals surface area contributed by atoms with Gasteiger partial charge < -0.3 is 19.9 Å². The molecule has 0 saturated carbocycles. The van der Waals surface area contributed by atoms with Crippen LogP contribution in [0.3, 0.4) is 0 Å². The number of H-pyrrole nitrogens is 1. The zero-order valence-corrected chi connectivity index (χ0v) is 20.1. The fourth-order valence-corrected chi connectivity index (χ4v) is 4.79. The lowest BCUT2D eigenvalue weighted by Gasteiger charge is -2.26. The molecule has 2 heterocycles. The lowest BCUT2D eigenvalue weighted by molar-refractivity contribution is 0.0303. The van der Waals surface area contributed by atoms with E-state index in [1.165, 1.54) is 0 Å². The summed E-state index contributed by atoms with van der Waals surface area (Å²) in [7, 11) is -3.35. The summed E-state index contributed by atoms with van der Waals surface area (Å²) in [4.78, 5) is 18.0. The number of amides is 1. The highest BCUT2D eigenvalue weighted by atomic mass is 32.2. The number of benzene rings is 3. The molecule has 1 amide bonds. The first kappa shape index (κ1) is 22.9. The summed E-state index contributed by atoms with van der Waals surface area (Å²) in [6, 6.07) is 22.8. The Kier molecular flexibility index (Phi) is 6.19. The van der Waals surface area contributed by atoms with Crippen molar-refractivity contribution in [3.8, 4) is 11.1 Å². The van der Waals surface area contributed by atoms with Gasteiger partial charge in [0.25, 0.3) is 5.91 Å². The van der Waals surface area contributed by atoms with Gasteiger partial charge in [-0.25, -0.2) is 8.42 Å². The number of hydrogen-bond donors (Lipinski definition) is 3. The number of para-hydroxylation sites is 1. The number of ether oxygens (including phenoxy) is 1. The van der Waals surface area contributed by atoms with Crippen molar-refractivity contribution in [2.45, 2.75) is 0 Å². The number of morpholine rings is 1. The molecular formula is C26H26N4O4S. The van der Waals surface area contributed by atoms with Crippen LogP contribution in [0.5, 0.6) is 0 Å². The van der Waals surface area contributed by atoms with Crippen LogP contribution in [-0.2, 0) is 14.8 Å². The molecule has 180 valence electrons. The number of rotatable bonds is 6. The van der Waals surface area contributed by atoms with Crippen LogP contribution < -0.4 is 10.0 Å². The lowest BCUT2D eigenvalue weighted by Crippen LogP contribution is -2.40. The number of carbonyl (C=O) groups is 1. The Balaban J connectivity index is 1.38. The summed E-state index contributed by atoms with van der Waals surface area (Å²) in [5.74, 6) is 0.806. The van der Waals surface area contributed by atoms with Crippen molar-refractivity contribution in [1.82, 2.24) is 9.88 Å². The van der Waals surface area contributed by atoms with Crippen LogP contribution in [0.15, 0.2) is 72.8 Å². The molecule has 9 heteroatoms. The third kappa shape index (κ3) is 5.31. The third-order valence-corrected chi connectivity index (χ3v) is 6.45. The van der Waals surface area contributed by atoms with E-state index in [2.05, 4.69) is 15.0 Å². The molecule has 0 radical (unpaired) electrons. The van der Waals surface area contributed by atoms with Crippen LogP contribution in [-0.4, -0.2) is 56.8 Å². The van der Waals surface area contributed by atoms with Gasteiger partial charge in [0.1, 0.15) is 5.82 Å². The van der Waals surface area contributed by atoms with E-state index in [1.807, 2.05) is 59.5 Å². The molecule has 1 aliphatic rings. The van der Waals surface area contributed by atoms with E-state index in [4.69, 9.17) is 4.74 Å². The van der Waals surface area contributed by atoms with Gasteiger partial charge in [0.15, 0.2) is 0 Å². The first-order valence-electron chi connectivity index (χ1n) is 11.3. The maximum Gasteiger partial charge on any atom is 0.254 e. The number of nitrogens with one attached hydrogen (secondary N) is 3. The Labute approximate surface area is 204 Å². The van der Waals surface area contributed by atoms with E-state index >= 15 is 0 Å². The van der Waals surface area contributed by atoms with Crippen molar-refractivity contribution in [3.05, 3.63) is 78.4 Å². The highest BCUT2D eigenvalue weighted by Gasteiger charge is 2.18. The molecule has 0 spiro atoms. The minimum atomic E-state index is -3.35. The van der Waals surface area contributed by atoms with E-state index in [9.17, 15) is 13.2 Å². The van der Waals surface area contributed by atoms with Crippen LogP contribution in [0.1, 0.15) is 10.4 Å². The Hall–Kier alpha value is -3.82. The predicted molar refractivity (Wildman–Crippen MR) is 139 cm³/mol.